The van der Waals surface area contributed by atoms with Crippen molar-refractivity contribution in [2.75, 3.05) is 26.2 Å². The van der Waals surface area contributed by atoms with Gasteiger partial charge in [-0.25, -0.2) is 0 Å². The largest absolute Gasteiger partial charge is 0.467 e. The van der Waals surface area contributed by atoms with Crippen LogP contribution in [0.15, 0.2) is 22.8 Å². The fraction of sp³-hybridized carbons (Fsp3) is 0.688. The molecule has 0 aliphatic carbocycles. The van der Waals surface area contributed by atoms with Crippen LogP contribution < -0.4 is 5.32 Å². The average molecular weight is 355 g/mol. The van der Waals surface area contributed by atoms with Gasteiger partial charge in [0.2, 0.25) is 5.91 Å². The van der Waals surface area contributed by atoms with Gasteiger partial charge in [-0.3, -0.25) is 4.79 Å². The molecular formula is C16H25N3O4S. The quantitative estimate of drug-likeness (QED) is 0.864. The van der Waals surface area contributed by atoms with Crippen LogP contribution in [0.4, 0.5) is 0 Å². The van der Waals surface area contributed by atoms with Gasteiger partial charge in [0, 0.05) is 32.1 Å². The van der Waals surface area contributed by atoms with Crippen LogP contribution in [-0.2, 0) is 21.5 Å². The second-order valence-corrected chi connectivity index (χ2v) is 8.37. The van der Waals surface area contributed by atoms with Crippen molar-refractivity contribution in [3.8, 4) is 0 Å². The Hall–Kier alpha value is -1.38. The van der Waals surface area contributed by atoms with Crippen molar-refractivity contribution in [2.24, 2.45) is 5.92 Å². The molecule has 0 spiro atoms. The van der Waals surface area contributed by atoms with E-state index in [0.29, 0.717) is 51.3 Å². The van der Waals surface area contributed by atoms with E-state index in [4.69, 9.17) is 4.42 Å². The monoisotopic (exact) mass is 355 g/mol. The van der Waals surface area contributed by atoms with E-state index < -0.39 is 10.2 Å². The third-order valence-corrected chi connectivity index (χ3v) is 6.84. The van der Waals surface area contributed by atoms with Crippen molar-refractivity contribution >= 4 is 16.1 Å². The summed E-state index contributed by atoms with van der Waals surface area (Å²) in [6, 6.07) is 3.60. The van der Waals surface area contributed by atoms with E-state index in [2.05, 4.69) is 5.32 Å². The topological polar surface area (TPSA) is 82.9 Å². The van der Waals surface area contributed by atoms with Gasteiger partial charge in [-0.2, -0.15) is 17.0 Å². The van der Waals surface area contributed by atoms with Crippen molar-refractivity contribution in [3.63, 3.8) is 0 Å². The van der Waals surface area contributed by atoms with Gasteiger partial charge in [0.25, 0.3) is 10.2 Å². The summed E-state index contributed by atoms with van der Waals surface area (Å²) in [4.78, 5) is 12.2. The number of furan rings is 1. The summed E-state index contributed by atoms with van der Waals surface area (Å²) in [6.07, 6.45) is 5.68. The normalized spacial score (nSPS) is 21.7. The molecule has 1 N–H and O–H groups in total. The molecule has 1 aromatic heterocycles. The number of nitrogens with one attached hydrogen (secondary N) is 1. The summed E-state index contributed by atoms with van der Waals surface area (Å²) in [5.41, 5.74) is 0. The molecule has 1 amide bonds. The van der Waals surface area contributed by atoms with Crippen molar-refractivity contribution < 1.29 is 17.6 Å². The van der Waals surface area contributed by atoms with Gasteiger partial charge in [0.05, 0.1) is 12.8 Å². The highest BCUT2D eigenvalue weighted by Gasteiger charge is 2.35. The molecule has 7 nitrogen and oxygen atoms in total. The smallest absolute Gasteiger partial charge is 0.281 e. The lowest BCUT2D eigenvalue weighted by Crippen LogP contribution is -2.50. The Morgan fingerprint density at radius 2 is 1.79 bits per heavy atom. The maximum Gasteiger partial charge on any atom is 0.281 e. The Labute approximate surface area is 143 Å². The maximum absolute atomic E-state index is 12.6. The van der Waals surface area contributed by atoms with Crippen LogP contribution in [0.25, 0.3) is 0 Å². The van der Waals surface area contributed by atoms with Crippen LogP contribution in [0.2, 0.25) is 0 Å². The zero-order valence-corrected chi connectivity index (χ0v) is 14.6. The van der Waals surface area contributed by atoms with Crippen molar-refractivity contribution in [1.29, 1.82) is 0 Å². The van der Waals surface area contributed by atoms with Crippen LogP contribution in [0.5, 0.6) is 0 Å². The molecule has 2 saturated heterocycles. The van der Waals surface area contributed by atoms with Gasteiger partial charge in [-0.1, -0.05) is 6.42 Å². The standard InChI is InChI=1S/C16H25N3O4S/c20-16(17-13-15-5-4-12-23-15)14-6-10-19(11-7-14)24(21,22)18-8-2-1-3-9-18/h4-5,12,14H,1-3,6-11,13H2,(H,17,20). The van der Waals surface area contributed by atoms with Crippen molar-refractivity contribution in [3.05, 3.63) is 24.2 Å². The van der Waals surface area contributed by atoms with Gasteiger partial charge < -0.3 is 9.73 Å². The van der Waals surface area contributed by atoms with Gasteiger partial charge >= 0.3 is 0 Å². The molecule has 134 valence electrons. The van der Waals surface area contributed by atoms with Crippen molar-refractivity contribution in [2.45, 2.75) is 38.6 Å². The minimum absolute atomic E-state index is 0.0265. The lowest BCUT2D eigenvalue weighted by molar-refractivity contribution is -0.126. The van der Waals surface area contributed by atoms with E-state index in [-0.39, 0.29) is 11.8 Å². The molecule has 1 aromatic rings. The molecule has 2 fully saturated rings. The fourth-order valence-electron chi connectivity index (χ4n) is 3.34. The predicted octanol–water partition coefficient (Wildman–Crippen LogP) is 1.34. The summed E-state index contributed by atoms with van der Waals surface area (Å²) in [5.74, 6) is 0.558. The number of carbonyl (C=O) groups excluding carboxylic acids is 1. The number of hydrogen-bond donors (Lipinski definition) is 1. The first-order chi connectivity index (χ1) is 11.6. The number of rotatable bonds is 5. The van der Waals surface area contributed by atoms with E-state index in [1.54, 1.807) is 16.6 Å². The number of hydrogen-bond acceptors (Lipinski definition) is 4. The third kappa shape index (κ3) is 3.99. The number of carbonyl (C=O) groups is 1. The molecule has 0 radical (unpaired) electrons. The summed E-state index contributed by atoms with van der Waals surface area (Å²) in [6.45, 7) is 2.44. The van der Waals surface area contributed by atoms with E-state index >= 15 is 0 Å². The second kappa shape index (κ2) is 7.67. The first-order valence-electron chi connectivity index (χ1n) is 8.62. The molecule has 24 heavy (non-hydrogen) atoms. The molecule has 2 aliphatic heterocycles. The van der Waals surface area contributed by atoms with Crippen LogP contribution in [0.1, 0.15) is 37.9 Å². The van der Waals surface area contributed by atoms with E-state index in [9.17, 15) is 13.2 Å². The highest BCUT2D eigenvalue weighted by Crippen LogP contribution is 2.23. The van der Waals surface area contributed by atoms with Gasteiger partial charge in [-0.05, 0) is 37.8 Å². The molecule has 2 aliphatic rings. The zero-order valence-electron chi connectivity index (χ0n) is 13.8. The zero-order chi connectivity index (χ0) is 17.0. The van der Waals surface area contributed by atoms with Gasteiger partial charge in [-0.15, -0.1) is 0 Å². The molecule has 0 bridgehead atoms. The molecule has 0 atom stereocenters. The van der Waals surface area contributed by atoms with Crippen LogP contribution >= 0.6 is 0 Å². The SMILES string of the molecule is O=C(NCc1ccco1)C1CCN(S(=O)(=O)N2CCCCC2)CC1. The summed E-state index contributed by atoms with van der Waals surface area (Å²) < 4.78 is 33.6. The molecule has 0 unspecified atom stereocenters. The number of amides is 1. The average Bonchev–Trinajstić information content (AvgIpc) is 3.14. The minimum Gasteiger partial charge on any atom is -0.467 e. The number of piperidine rings is 2. The van der Waals surface area contributed by atoms with Crippen LogP contribution in [-0.4, -0.2) is 49.1 Å². The summed E-state index contributed by atoms with van der Waals surface area (Å²) >= 11 is 0. The molecular weight excluding hydrogens is 330 g/mol. The minimum atomic E-state index is -3.36. The Bertz CT molecular complexity index is 630. The molecule has 0 saturated carbocycles. The van der Waals surface area contributed by atoms with Gasteiger partial charge in [0.1, 0.15) is 5.76 Å². The first-order valence-corrected chi connectivity index (χ1v) is 10.0. The number of nitrogens with zero attached hydrogens (tertiary/aromatic N) is 2. The molecule has 8 heteroatoms. The summed E-state index contributed by atoms with van der Waals surface area (Å²) in [5, 5.41) is 2.86. The lowest BCUT2D eigenvalue weighted by Gasteiger charge is -2.35. The Morgan fingerprint density at radius 1 is 1.12 bits per heavy atom. The van der Waals surface area contributed by atoms with E-state index in [1.165, 1.54) is 4.31 Å². The van der Waals surface area contributed by atoms with Crippen LogP contribution in [0.3, 0.4) is 0 Å². The third-order valence-electron chi connectivity index (χ3n) is 4.81. The van der Waals surface area contributed by atoms with Gasteiger partial charge in [0.15, 0.2) is 0 Å². The molecule has 3 heterocycles. The van der Waals surface area contributed by atoms with Crippen molar-refractivity contribution in [1.82, 2.24) is 13.9 Å². The maximum atomic E-state index is 12.6. The summed E-state index contributed by atoms with van der Waals surface area (Å²) in [7, 11) is -3.36. The van der Waals surface area contributed by atoms with E-state index in [0.717, 1.165) is 19.3 Å². The Kier molecular flexibility index (Phi) is 5.57. The van der Waals surface area contributed by atoms with Crippen LogP contribution in [0, 0.1) is 5.92 Å². The Morgan fingerprint density at radius 3 is 2.42 bits per heavy atom. The van der Waals surface area contributed by atoms with E-state index in [1.807, 2.05) is 6.07 Å². The highest BCUT2D eigenvalue weighted by atomic mass is 32.2. The fourth-order valence-corrected chi connectivity index (χ4v) is 5.06. The second-order valence-electron chi connectivity index (χ2n) is 6.44. The molecule has 3 rings (SSSR count). The highest BCUT2D eigenvalue weighted by molar-refractivity contribution is 7.86. The molecule has 0 aromatic carbocycles. The Balaban J connectivity index is 1.48. The lowest BCUT2D eigenvalue weighted by atomic mass is 9.97. The first kappa shape index (κ1) is 17.4. The predicted molar refractivity (Wildman–Crippen MR) is 89.2 cm³/mol.